The van der Waals surface area contributed by atoms with E-state index in [-0.39, 0.29) is 17.0 Å². The van der Waals surface area contributed by atoms with E-state index in [1.165, 1.54) is 36.5 Å². The Morgan fingerprint density at radius 3 is 2.48 bits per heavy atom. The van der Waals surface area contributed by atoms with Crippen molar-refractivity contribution in [1.82, 2.24) is 5.43 Å². The van der Waals surface area contributed by atoms with E-state index < -0.39 is 22.6 Å². The van der Waals surface area contributed by atoms with Crippen molar-refractivity contribution in [3.8, 4) is 11.3 Å². The van der Waals surface area contributed by atoms with Crippen LogP contribution < -0.4 is 5.43 Å². The molecule has 148 valence electrons. The molecule has 1 heterocycles. The van der Waals surface area contributed by atoms with Gasteiger partial charge in [-0.2, -0.15) is 18.3 Å². The Morgan fingerprint density at radius 1 is 1.10 bits per heavy atom. The van der Waals surface area contributed by atoms with Crippen LogP contribution in [0.3, 0.4) is 0 Å². The van der Waals surface area contributed by atoms with E-state index in [1.54, 1.807) is 12.1 Å². The summed E-state index contributed by atoms with van der Waals surface area (Å²) in [6, 6.07) is 12.8. The predicted octanol–water partition coefficient (Wildman–Crippen LogP) is 4.64. The van der Waals surface area contributed by atoms with Gasteiger partial charge in [-0.3, -0.25) is 14.9 Å². The number of nitrogens with zero attached hydrogens (tertiary/aromatic N) is 2. The molecule has 1 amide bonds. The minimum atomic E-state index is -4.55. The predicted molar refractivity (Wildman–Crippen MR) is 97.3 cm³/mol. The Morgan fingerprint density at radius 2 is 1.83 bits per heavy atom. The topological polar surface area (TPSA) is 97.7 Å². The first kappa shape index (κ1) is 19.8. The van der Waals surface area contributed by atoms with Crippen LogP contribution >= 0.6 is 0 Å². The minimum Gasteiger partial charge on any atom is -0.455 e. The maximum atomic E-state index is 12.7. The third-order valence-electron chi connectivity index (χ3n) is 3.80. The number of furan rings is 1. The highest BCUT2D eigenvalue weighted by molar-refractivity contribution is 5.94. The molecule has 1 aromatic heterocycles. The number of non-ortho nitro benzene ring substituents is 1. The van der Waals surface area contributed by atoms with E-state index in [0.29, 0.717) is 11.3 Å². The first-order valence-corrected chi connectivity index (χ1v) is 8.09. The molecule has 10 heteroatoms. The van der Waals surface area contributed by atoms with Gasteiger partial charge in [0.05, 0.1) is 16.7 Å². The lowest BCUT2D eigenvalue weighted by Crippen LogP contribution is -2.18. The number of halogens is 3. The number of rotatable bonds is 5. The number of amides is 1. The summed E-state index contributed by atoms with van der Waals surface area (Å²) in [5, 5.41) is 14.3. The lowest BCUT2D eigenvalue weighted by atomic mass is 10.1. The molecule has 0 aliphatic carbocycles. The normalized spacial score (nSPS) is 11.6. The van der Waals surface area contributed by atoms with Gasteiger partial charge < -0.3 is 4.42 Å². The summed E-state index contributed by atoms with van der Waals surface area (Å²) in [7, 11) is 0. The number of carbonyl (C=O) groups excluding carboxylic acids is 1. The summed E-state index contributed by atoms with van der Waals surface area (Å²) >= 11 is 0. The van der Waals surface area contributed by atoms with Gasteiger partial charge in [0.2, 0.25) is 0 Å². The van der Waals surface area contributed by atoms with Gasteiger partial charge in [0.1, 0.15) is 11.5 Å². The molecule has 0 unspecified atom stereocenters. The molecule has 0 saturated heterocycles. The van der Waals surface area contributed by atoms with E-state index in [9.17, 15) is 28.1 Å². The number of nitrogens with one attached hydrogen (secondary N) is 1. The molecule has 7 nitrogen and oxygen atoms in total. The average molecular weight is 403 g/mol. The van der Waals surface area contributed by atoms with E-state index in [4.69, 9.17) is 4.42 Å². The van der Waals surface area contributed by atoms with Crippen molar-refractivity contribution in [2.75, 3.05) is 0 Å². The third-order valence-corrected chi connectivity index (χ3v) is 3.80. The molecule has 0 atom stereocenters. The summed E-state index contributed by atoms with van der Waals surface area (Å²) in [6.45, 7) is 0. The summed E-state index contributed by atoms with van der Waals surface area (Å²) in [5.74, 6) is -0.122. The van der Waals surface area contributed by atoms with Gasteiger partial charge in [-0.15, -0.1) is 0 Å². The molecule has 3 rings (SSSR count). The molecule has 29 heavy (non-hydrogen) atoms. The Balaban J connectivity index is 1.65. The van der Waals surface area contributed by atoms with Gasteiger partial charge in [0.25, 0.3) is 11.6 Å². The number of hydrogen-bond acceptors (Lipinski definition) is 5. The molecular weight excluding hydrogens is 391 g/mol. The Hall–Kier alpha value is -3.95. The van der Waals surface area contributed by atoms with Crippen LogP contribution in [0.2, 0.25) is 0 Å². The lowest BCUT2D eigenvalue weighted by Gasteiger charge is -2.07. The monoisotopic (exact) mass is 403 g/mol. The maximum absolute atomic E-state index is 12.7. The van der Waals surface area contributed by atoms with Gasteiger partial charge in [-0.1, -0.05) is 6.07 Å². The Bertz CT molecular complexity index is 1070. The van der Waals surface area contributed by atoms with Crippen molar-refractivity contribution < 1.29 is 27.3 Å². The van der Waals surface area contributed by atoms with E-state index in [1.807, 2.05) is 0 Å². The number of nitro benzene ring substituents is 1. The van der Waals surface area contributed by atoms with Crippen molar-refractivity contribution >= 4 is 17.8 Å². The van der Waals surface area contributed by atoms with Gasteiger partial charge in [-0.25, -0.2) is 5.43 Å². The highest BCUT2D eigenvalue weighted by Crippen LogP contribution is 2.29. The van der Waals surface area contributed by atoms with Gasteiger partial charge >= 0.3 is 6.18 Å². The van der Waals surface area contributed by atoms with Crippen molar-refractivity contribution in [1.29, 1.82) is 0 Å². The van der Waals surface area contributed by atoms with Crippen LogP contribution in [0, 0.1) is 10.1 Å². The molecule has 3 aromatic rings. The molecule has 0 radical (unpaired) electrons. The van der Waals surface area contributed by atoms with Gasteiger partial charge in [0, 0.05) is 23.3 Å². The van der Waals surface area contributed by atoms with E-state index in [0.717, 1.165) is 18.2 Å². The molecule has 0 aliphatic heterocycles. The van der Waals surface area contributed by atoms with Crippen molar-refractivity contribution in [2.24, 2.45) is 5.10 Å². The summed E-state index contributed by atoms with van der Waals surface area (Å²) in [4.78, 5) is 22.1. The highest BCUT2D eigenvalue weighted by atomic mass is 19.4. The number of nitro groups is 1. The minimum absolute atomic E-state index is 0.0561. The van der Waals surface area contributed by atoms with E-state index >= 15 is 0 Å². The van der Waals surface area contributed by atoms with Crippen LogP contribution in [0.1, 0.15) is 21.7 Å². The van der Waals surface area contributed by atoms with Crippen LogP contribution in [0.25, 0.3) is 11.3 Å². The third kappa shape index (κ3) is 4.86. The van der Waals surface area contributed by atoms with Crippen LogP contribution in [-0.2, 0) is 6.18 Å². The van der Waals surface area contributed by atoms with Crippen LogP contribution in [0.4, 0.5) is 18.9 Å². The van der Waals surface area contributed by atoms with Crippen LogP contribution in [-0.4, -0.2) is 17.0 Å². The standard InChI is InChI=1S/C19H12F3N3O4/c20-19(21,22)14-3-1-2-13(10-14)18(26)24-23-11-16-8-9-17(29-16)12-4-6-15(7-5-12)25(27)28/h1-11H,(H,24,26)/b23-11-. The molecule has 0 aliphatic rings. The first-order valence-electron chi connectivity index (χ1n) is 8.09. The van der Waals surface area contributed by atoms with Crippen LogP contribution in [0.5, 0.6) is 0 Å². The van der Waals surface area contributed by atoms with Crippen molar-refractivity contribution in [2.45, 2.75) is 6.18 Å². The fourth-order valence-electron chi connectivity index (χ4n) is 2.38. The van der Waals surface area contributed by atoms with Gasteiger partial charge in [0.15, 0.2) is 0 Å². The smallest absolute Gasteiger partial charge is 0.416 e. The SMILES string of the molecule is O=C(N/N=C\c1ccc(-c2ccc([N+](=O)[O-])cc2)o1)c1cccc(C(F)(F)F)c1. The molecule has 2 aromatic carbocycles. The second-order valence-electron chi connectivity index (χ2n) is 5.78. The summed E-state index contributed by atoms with van der Waals surface area (Å²) in [5.41, 5.74) is 1.54. The Kier molecular flexibility index (Phi) is 5.44. The molecule has 0 spiro atoms. The molecule has 0 fully saturated rings. The number of carbonyl (C=O) groups is 1. The van der Waals surface area contributed by atoms with E-state index in [2.05, 4.69) is 10.5 Å². The molecular formula is C19H12F3N3O4. The second-order valence-corrected chi connectivity index (χ2v) is 5.78. The zero-order chi connectivity index (χ0) is 21.0. The lowest BCUT2D eigenvalue weighted by molar-refractivity contribution is -0.384. The van der Waals surface area contributed by atoms with Crippen molar-refractivity contribution in [3.05, 3.63) is 87.7 Å². The molecule has 0 saturated carbocycles. The second kappa shape index (κ2) is 7.97. The first-order chi connectivity index (χ1) is 13.7. The maximum Gasteiger partial charge on any atom is 0.416 e. The largest absolute Gasteiger partial charge is 0.455 e. The van der Waals surface area contributed by atoms with Gasteiger partial charge in [-0.05, 0) is 42.5 Å². The zero-order valence-corrected chi connectivity index (χ0v) is 14.5. The Labute approximate surface area is 161 Å². The number of alkyl halides is 3. The highest BCUT2D eigenvalue weighted by Gasteiger charge is 2.30. The molecule has 1 N–H and O–H groups in total. The van der Waals surface area contributed by atoms with Crippen LogP contribution in [0.15, 0.2) is 70.2 Å². The number of hydrogen-bond donors (Lipinski definition) is 1. The summed E-state index contributed by atoms with van der Waals surface area (Å²) in [6.07, 6.45) is -3.37. The average Bonchev–Trinajstić information content (AvgIpc) is 3.16. The fourth-order valence-corrected chi connectivity index (χ4v) is 2.38. The fraction of sp³-hybridized carbons (Fsp3) is 0.0526. The zero-order valence-electron chi connectivity index (χ0n) is 14.5. The molecule has 0 bridgehead atoms. The quantitative estimate of drug-likeness (QED) is 0.381. The van der Waals surface area contributed by atoms with Crippen molar-refractivity contribution in [3.63, 3.8) is 0 Å². The summed E-state index contributed by atoms with van der Waals surface area (Å²) < 4.78 is 43.6. The number of hydrazone groups is 1. The number of benzene rings is 2.